The Balaban J connectivity index is 1.57. The van der Waals surface area contributed by atoms with Gasteiger partial charge in [-0.3, -0.25) is 19.3 Å². The van der Waals surface area contributed by atoms with Crippen molar-refractivity contribution in [2.45, 2.75) is 13.0 Å². The van der Waals surface area contributed by atoms with Crippen LogP contribution in [0.3, 0.4) is 0 Å². The van der Waals surface area contributed by atoms with Crippen molar-refractivity contribution in [2.24, 2.45) is 0 Å². The second-order valence-electron chi connectivity index (χ2n) is 6.26. The number of imide groups is 1. The number of hydrogen-bond acceptors (Lipinski definition) is 4. The molecule has 3 aromatic rings. The molecular formula is C19H16N4O3. The molecule has 1 aliphatic rings. The van der Waals surface area contributed by atoms with Gasteiger partial charge in [-0.2, -0.15) is 0 Å². The van der Waals surface area contributed by atoms with Gasteiger partial charge in [0.2, 0.25) is 0 Å². The van der Waals surface area contributed by atoms with Crippen LogP contribution in [0.5, 0.6) is 0 Å². The van der Waals surface area contributed by atoms with Gasteiger partial charge in [-0.15, -0.1) is 0 Å². The molecule has 0 bridgehead atoms. The summed E-state index contributed by atoms with van der Waals surface area (Å²) in [6.07, 6.45) is 0. The number of fused-ring (bicyclic) bond motifs is 2. The summed E-state index contributed by atoms with van der Waals surface area (Å²) >= 11 is 0. The highest BCUT2D eigenvalue weighted by molar-refractivity contribution is 6.21. The summed E-state index contributed by atoms with van der Waals surface area (Å²) in [6, 6.07) is 11.8. The van der Waals surface area contributed by atoms with Crippen molar-refractivity contribution in [1.29, 1.82) is 0 Å². The number of amides is 3. The first-order chi connectivity index (χ1) is 12.5. The molecule has 0 fully saturated rings. The van der Waals surface area contributed by atoms with Crippen molar-refractivity contribution in [3.63, 3.8) is 0 Å². The molecule has 2 N–H and O–H groups in total. The number of para-hydroxylation sites is 2. The fourth-order valence-corrected chi connectivity index (χ4v) is 3.03. The fourth-order valence-electron chi connectivity index (χ4n) is 3.03. The average molecular weight is 348 g/mol. The molecule has 3 amide bonds. The largest absolute Gasteiger partial charge is 0.342 e. The first-order valence-electron chi connectivity index (χ1n) is 8.17. The Kier molecular flexibility index (Phi) is 3.57. The minimum absolute atomic E-state index is 0.251. The summed E-state index contributed by atoms with van der Waals surface area (Å²) in [5.74, 6) is -0.445. The standard InChI is InChI=1S/C19H16N4O3/c1-10(16-21-14-5-3-4-6-15(14)22-16)20-17(24)11-7-8-12-13(9-11)19(26)23(2)18(12)25/h3-10H,1-2H3,(H,20,24)(H,21,22). The molecule has 1 aliphatic heterocycles. The Labute approximate surface area is 149 Å². The Hall–Kier alpha value is -3.48. The summed E-state index contributed by atoms with van der Waals surface area (Å²) in [7, 11) is 1.42. The third-order valence-electron chi connectivity index (χ3n) is 4.52. The van der Waals surface area contributed by atoms with Gasteiger partial charge in [-0.05, 0) is 37.3 Å². The van der Waals surface area contributed by atoms with E-state index in [0.29, 0.717) is 17.0 Å². The molecule has 0 spiro atoms. The van der Waals surface area contributed by atoms with E-state index in [0.717, 1.165) is 15.9 Å². The first-order valence-corrected chi connectivity index (χ1v) is 8.17. The molecule has 26 heavy (non-hydrogen) atoms. The second-order valence-corrected chi connectivity index (χ2v) is 6.26. The molecular weight excluding hydrogens is 332 g/mol. The normalized spacial score (nSPS) is 14.6. The van der Waals surface area contributed by atoms with Gasteiger partial charge in [-0.1, -0.05) is 12.1 Å². The molecule has 7 heteroatoms. The maximum atomic E-state index is 12.6. The number of rotatable bonds is 3. The molecule has 1 atom stereocenters. The van der Waals surface area contributed by atoms with Crippen molar-refractivity contribution in [3.05, 3.63) is 65.0 Å². The Morgan fingerprint density at radius 3 is 2.62 bits per heavy atom. The van der Waals surface area contributed by atoms with E-state index in [1.165, 1.54) is 19.2 Å². The van der Waals surface area contributed by atoms with Gasteiger partial charge in [0.25, 0.3) is 17.7 Å². The van der Waals surface area contributed by atoms with E-state index in [1.807, 2.05) is 31.2 Å². The van der Waals surface area contributed by atoms with Crippen LogP contribution >= 0.6 is 0 Å². The Bertz CT molecular complexity index is 1040. The number of aromatic amines is 1. The lowest BCUT2D eigenvalue weighted by Crippen LogP contribution is -2.27. The van der Waals surface area contributed by atoms with Crippen molar-refractivity contribution in [1.82, 2.24) is 20.2 Å². The van der Waals surface area contributed by atoms with Crippen LogP contribution in [0.1, 0.15) is 49.9 Å². The van der Waals surface area contributed by atoms with E-state index in [9.17, 15) is 14.4 Å². The molecule has 2 aromatic carbocycles. The van der Waals surface area contributed by atoms with Crippen molar-refractivity contribution in [2.75, 3.05) is 7.05 Å². The predicted molar refractivity (Wildman–Crippen MR) is 94.8 cm³/mol. The van der Waals surface area contributed by atoms with E-state index in [1.54, 1.807) is 6.07 Å². The summed E-state index contributed by atoms with van der Waals surface area (Å²) in [6.45, 7) is 1.82. The molecule has 0 saturated carbocycles. The number of H-pyrrole nitrogens is 1. The monoisotopic (exact) mass is 348 g/mol. The van der Waals surface area contributed by atoms with E-state index < -0.39 is 5.91 Å². The maximum Gasteiger partial charge on any atom is 0.261 e. The lowest BCUT2D eigenvalue weighted by molar-refractivity contribution is 0.0693. The number of carbonyl (C=O) groups excluding carboxylic acids is 3. The zero-order valence-electron chi connectivity index (χ0n) is 14.2. The highest BCUT2D eigenvalue weighted by atomic mass is 16.2. The van der Waals surface area contributed by atoms with Crippen LogP contribution in [0.2, 0.25) is 0 Å². The highest BCUT2D eigenvalue weighted by Gasteiger charge is 2.33. The first kappa shape index (κ1) is 16.0. The molecule has 0 aliphatic carbocycles. The van der Waals surface area contributed by atoms with Crippen LogP contribution in [0.4, 0.5) is 0 Å². The van der Waals surface area contributed by atoms with Crippen molar-refractivity contribution >= 4 is 28.8 Å². The van der Waals surface area contributed by atoms with Gasteiger partial charge in [0.05, 0.1) is 28.2 Å². The van der Waals surface area contributed by atoms with Crippen LogP contribution in [0.15, 0.2) is 42.5 Å². The van der Waals surface area contributed by atoms with Crippen molar-refractivity contribution in [3.8, 4) is 0 Å². The number of nitrogens with one attached hydrogen (secondary N) is 2. The quantitative estimate of drug-likeness (QED) is 0.710. The van der Waals surface area contributed by atoms with E-state index in [2.05, 4.69) is 15.3 Å². The molecule has 1 unspecified atom stereocenters. The smallest absolute Gasteiger partial charge is 0.261 e. The van der Waals surface area contributed by atoms with Crippen molar-refractivity contribution < 1.29 is 14.4 Å². The number of carbonyl (C=O) groups is 3. The van der Waals surface area contributed by atoms with E-state index >= 15 is 0 Å². The maximum absolute atomic E-state index is 12.6. The molecule has 130 valence electrons. The SMILES string of the molecule is CC(NC(=O)c1ccc2c(c1)C(=O)N(C)C2=O)c1nc2ccccc2[nH]1. The van der Waals surface area contributed by atoms with Gasteiger partial charge in [0.15, 0.2) is 0 Å². The van der Waals surface area contributed by atoms with Gasteiger partial charge >= 0.3 is 0 Å². The van der Waals surface area contributed by atoms with Gasteiger partial charge in [0.1, 0.15) is 5.82 Å². The second kappa shape index (κ2) is 5.80. The van der Waals surface area contributed by atoms with Crippen LogP contribution in [-0.2, 0) is 0 Å². The molecule has 7 nitrogen and oxygen atoms in total. The van der Waals surface area contributed by atoms with E-state index in [4.69, 9.17) is 0 Å². The van der Waals surface area contributed by atoms with Crippen LogP contribution in [-0.4, -0.2) is 39.6 Å². The summed E-state index contributed by atoms with van der Waals surface area (Å²) in [5, 5.41) is 2.86. The summed E-state index contributed by atoms with van der Waals surface area (Å²) in [5.41, 5.74) is 2.62. The highest BCUT2D eigenvalue weighted by Crippen LogP contribution is 2.23. The minimum Gasteiger partial charge on any atom is -0.342 e. The third-order valence-corrected chi connectivity index (χ3v) is 4.52. The minimum atomic E-state index is -0.398. The molecule has 0 radical (unpaired) electrons. The molecule has 0 saturated heterocycles. The lowest BCUT2D eigenvalue weighted by Gasteiger charge is -2.11. The topological polar surface area (TPSA) is 95.2 Å². The number of imidazole rings is 1. The Morgan fingerprint density at radius 2 is 1.85 bits per heavy atom. The van der Waals surface area contributed by atoms with Crippen LogP contribution in [0.25, 0.3) is 11.0 Å². The summed E-state index contributed by atoms with van der Waals surface area (Å²) < 4.78 is 0. The molecule has 1 aromatic heterocycles. The lowest BCUT2D eigenvalue weighted by atomic mass is 10.1. The summed E-state index contributed by atoms with van der Waals surface area (Å²) in [4.78, 5) is 45.3. The molecule has 4 rings (SSSR count). The Morgan fingerprint density at radius 1 is 1.12 bits per heavy atom. The zero-order valence-corrected chi connectivity index (χ0v) is 14.2. The number of benzene rings is 2. The predicted octanol–water partition coefficient (Wildman–Crippen LogP) is 2.28. The molecule has 2 heterocycles. The van der Waals surface area contributed by atoms with Gasteiger partial charge < -0.3 is 10.3 Å². The number of hydrogen-bond donors (Lipinski definition) is 2. The third kappa shape index (κ3) is 2.45. The zero-order chi connectivity index (χ0) is 18.4. The van der Waals surface area contributed by atoms with Crippen LogP contribution in [0, 0.1) is 0 Å². The van der Waals surface area contributed by atoms with Crippen LogP contribution < -0.4 is 5.32 Å². The average Bonchev–Trinajstić information content (AvgIpc) is 3.17. The van der Waals surface area contributed by atoms with E-state index in [-0.39, 0.29) is 23.4 Å². The van der Waals surface area contributed by atoms with Gasteiger partial charge in [0, 0.05) is 12.6 Å². The number of aromatic nitrogens is 2. The fraction of sp³-hybridized carbons (Fsp3) is 0.158. The van der Waals surface area contributed by atoms with Gasteiger partial charge in [-0.25, -0.2) is 4.98 Å². The number of nitrogens with zero attached hydrogens (tertiary/aromatic N) is 2.